The van der Waals surface area contributed by atoms with Gasteiger partial charge in [-0.2, -0.15) is 0 Å². The van der Waals surface area contributed by atoms with Crippen molar-refractivity contribution in [2.24, 2.45) is 0 Å². The summed E-state index contributed by atoms with van der Waals surface area (Å²) in [5, 5.41) is 11.9. The van der Waals surface area contributed by atoms with Crippen molar-refractivity contribution in [3.8, 4) is 0 Å². The second kappa shape index (κ2) is 9.96. The number of carbonyl (C=O) groups excluding carboxylic acids is 2. The number of piperazine rings is 1. The molecule has 0 saturated carbocycles. The minimum atomic E-state index is -0.464. The van der Waals surface area contributed by atoms with Gasteiger partial charge in [0, 0.05) is 32.7 Å². The van der Waals surface area contributed by atoms with E-state index >= 15 is 0 Å². The molecule has 0 radical (unpaired) electrons. The molecule has 1 aliphatic heterocycles. The van der Waals surface area contributed by atoms with Gasteiger partial charge in [0.25, 0.3) is 0 Å². The highest BCUT2D eigenvalue weighted by Crippen LogP contribution is 2.12. The summed E-state index contributed by atoms with van der Waals surface area (Å²) in [4.78, 5) is 28.3. The molecule has 1 aromatic carbocycles. The Morgan fingerprint density at radius 2 is 2.16 bits per heavy atom. The number of hydrogen-bond acceptors (Lipinski definition) is 4. The van der Waals surface area contributed by atoms with E-state index in [1.54, 1.807) is 4.90 Å². The van der Waals surface area contributed by atoms with E-state index in [0.29, 0.717) is 26.2 Å². The van der Waals surface area contributed by atoms with Gasteiger partial charge >= 0.3 is 0 Å². The van der Waals surface area contributed by atoms with Crippen LogP contribution in [0.2, 0.25) is 0 Å². The fraction of sp³-hybridized carbons (Fsp3) is 0.474. The number of carbonyl (C=O) groups is 2. The smallest absolute Gasteiger partial charge is 0.237 e. The summed E-state index contributed by atoms with van der Waals surface area (Å²) >= 11 is 0. The van der Waals surface area contributed by atoms with Crippen molar-refractivity contribution in [1.29, 1.82) is 0 Å². The Hall–Kier alpha value is -2.18. The maximum atomic E-state index is 12.4. The lowest BCUT2D eigenvalue weighted by Gasteiger charge is -2.35. The van der Waals surface area contributed by atoms with E-state index in [1.807, 2.05) is 54.3 Å². The van der Waals surface area contributed by atoms with Gasteiger partial charge in [0.15, 0.2) is 0 Å². The van der Waals surface area contributed by atoms with Crippen LogP contribution in [0.15, 0.2) is 36.4 Å². The van der Waals surface area contributed by atoms with Gasteiger partial charge in [-0.15, -0.1) is 0 Å². The van der Waals surface area contributed by atoms with Gasteiger partial charge in [0.1, 0.15) is 0 Å². The minimum Gasteiger partial charge on any atom is -0.395 e. The van der Waals surface area contributed by atoms with Crippen molar-refractivity contribution in [3.63, 3.8) is 0 Å². The van der Waals surface area contributed by atoms with Crippen LogP contribution in [0.3, 0.4) is 0 Å². The fourth-order valence-electron chi connectivity index (χ4n) is 2.97. The molecule has 0 spiro atoms. The fourth-order valence-corrected chi connectivity index (χ4v) is 2.97. The molecule has 1 heterocycles. The van der Waals surface area contributed by atoms with E-state index in [4.69, 9.17) is 5.11 Å². The predicted molar refractivity (Wildman–Crippen MR) is 97.8 cm³/mol. The van der Waals surface area contributed by atoms with Gasteiger partial charge in [0.2, 0.25) is 11.8 Å². The van der Waals surface area contributed by atoms with E-state index in [1.165, 1.54) is 0 Å². The molecular formula is C19H27N3O3. The van der Waals surface area contributed by atoms with Crippen LogP contribution in [0.5, 0.6) is 0 Å². The quantitative estimate of drug-likeness (QED) is 0.729. The molecule has 0 aliphatic carbocycles. The molecular weight excluding hydrogens is 318 g/mol. The van der Waals surface area contributed by atoms with Crippen LogP contribution < -0.4 is 5.32 Å². The highest BCUT2D eigenvalue weighted by Gasteiger charge is 2.31. The first-order valence-electron chi connectivity index (χ1n) is 8.77. The van der Waals surface area contributed by atoms with Crippen molar-refractivity contribution >= 4 is 17.9 Å². The van der Waals surface area contributed by atoms with Gasteiger partial charge in [-0.05, 0) is 12.5 Å². The normalized spacial score (nSPS) is 18.3. The average molecular weight is 345 g/mol. The molecule has 6 nitrogen and oxygen atoms in total. The summed E-state index contributed by atoms with van der Waals surface area (Å²) in [7, 11) is 0. The molecule has 2 amide bonds. The number of nitrogens with one attached hydrogen (secondary N) is 1. The van der Waals surface area contributed by atoms with Crippen molar-refractivity contribution in [2.45, 2.75) is 19.4 Å². The third-order valence-electron chi connectivity index (χ3n) is 4.36. The Balaban J connectivity index is 1.98. The van der Waals surface area contributed by atoms with Gasteiger partial charge in [-0.1, -0.05) is 42.5 Å². The zero-order valence-electron chi connectivity index (χ0n) is 14.7. The lowest BCUT2D eigenvalue weighted by molar-refractivity contribution is -0.138. The first-order valence-corrected chi connectivity index (χ1v) is 8.77. The zero-order chi connectivity index (χ0) is 18.1. The number of benzene rings is 1. The van der Waals surface area contributed by atoms with E-state index in [2.05, 4.69) is 5.32 Å². The van der Waals surface area contributed by atoms with Crippen LogP contribution in [-0.2, 0) is 9.59 Å². The van der Waals surface area contributed by atoms with E-state index in [0.717, 1.165) is 12.1 Å². The summed E-state index contributed by atoms with van der Waals surface area (Å²) in [5.41, 5.74) is 1.11. The zero-order valence-corrected chi connectivity index (χ0v) is 14.7. The van der Waals surface area contributed by atoms with Crippen molar-refractivity contribution in [1.82, 2.24) is 15.1 Å². The predicted octanol–water partition coefficient (Wildman–Crippen LogP) is 0.731. The van der Waals surface area contributed by atoms with Gasteiger partial charge in [-0.3, -0.25) is 14.5 Å². The molecule has 1 unspecified atom stereocenters. The van der Waals surface area contributed by atoms with Crippen LogP contribution in [0.1, 0.15) is 18.9 Å². The number of aliphatic hydroxyl groups is 1. The molecule has 1 saturated heterocycles. The number of hydrogen-bond donors (Lipinski definition) is 2. The standard InChI is InChI=1S/C19H27N3O3/c1-2-21(13-14-23)18(24)15-17-19(25)20-10-12-22(17)11-6-9-16-7-4-3-5-8-16/h3-9,17,23H,2,10-15H2,1H3,(H,20,25)/b9-6+. The Labute approximate surface area is 149 Å². The Morgan fingerprint density at radius 3 is 2.84 bits per heavy atom. The van der Waals surface area contributed by atoms with E-state index in [9.17, 15) is 9.59 Å². The van der Waals surface area contributed by atoms with Gasteiger partial charge in [-0.25, -0.2) is 0 Å². The number of rotatable bonds is 8. The van der Waals surface area contributed by atoms with Crippen LogP contribution >= 0.6 is 0 Å². The number of amides is 2. The second-order valence-electron chi connectivity index (χ2n) is 6.02. The van der Waals surface area contributed by atoms with Gasteiger partial charge < -0.3 is 15.3 Å². The molecule has 0 bridgehead atoms. The number of aliphatic hydroxyl groups excluding tert-OH is 1. The number of nitrogens with zero attached hydrogens (tertiary/aromatic N) is 2. The number of likely N-dealkylation sites (N-methyl/N-ethyl adjacent to an activating group) is 1. The summed E-state index contributed by atoms with van der Waals surface area (Å²) < 4.78 is 0. The molecule has 6 heteroatoms. The lowest BCUT2D eigenvalue weighted by Crippen LogP contribution is -2.56. The van der Waals surface area contributed by atoms with Gasteiger partial charge in [0.05, 0.1) is 19.1 Å². The molecule has 2 rings (SSSR count). The monoisotopic (exact) mass is 345 g/mol. The Bertz CT molecular complexity index is 589. The highest BCUT2D eigenvalue weighted by molar-refractivity contribution is 5.88. The topological polar surface area (TPSA) is 72.9 Å². The van der Waals surface area contributed by atoms with Crippen LogP contribution in [0, 0.1) is 0 Å². The van der Waals surface area contributed by atoms with Crippen LogP contribution in [-0.4, -0.2) is 72.1 Å². The Morgan fingerprint density at radius 1 is 1.40 bits per heavy atom. The third kappa shape index (κ3) is 5.69. The largest absolute Gasteiger partial charge is 0.395 e. The summed E-state index contributed by atoms with van der Waals surface area (Å²) in [6.45, 7) is 4.56. The molecule has 0 aromatic heterocycles. The van der Waals surface area contributed by atoms with Crippen molar-refractivity contribution in [2.75, 3.05) is 39.3 Å². The minimum absolute atomic E-state index is 0.0695. The molecule has 25 heavy (non-hydrogen) atoms. The SMILES string of the molecule is CCN(CCO)C(=O)CC1C(=O)NCCN1C/C=C/c1ccccc1. The molecule has 1 fully saturated rings. The third-order valence-corrected chi connectivity index (χ3v) is 4.36. The highest BCUT2D eigenvalue weighted by atomic mass is 16.3. The molecule has 136 valence electrons. The maximum absolute atomic E-state index is 12.4. The average Bonchev–Trinajstić information content (AvgIpc) is 2.63. The first-order chi connectivity index (χ1) is 12.2. The van der Waals surface area contributed by atoms with Crippen LogP contribution in [0.25, 0.3) is 6.08 Å². The van der Waals surface area contributed by atoms with E-state index < -0.39 is 6.04 Å². The molecule has 1 atom stereocenters. The summed E-state index contributed by atoms with van der Waals surface area (Å²) in [5.74, 6) is -0.205. The van der Waals surface area contributed by atoms with Crippen LogP contribution in [0.4, 0.5) is 0 Å². The summed E-state index contributed by atoms with van der Waals surface area (Å²) in [6, 6.07) is 9.52. The molecule has 1 aliphatic rings. The van der Waals surface area contributed by atoms with E-state index in [-0.39, 0.29) is 24.8 Å². The maximum Gasteiger partial charge on any atom is 0.237 e. The Kier molecular flexibility index (Phi) is 7.63. The first kappa shape index (κ1) is 19.1. The second-order valence-corrected chi connectivity index (χ2v) is 6.02. The van der Waals surface area contributed by atoms with Crippen molar-refractivity contribution in [3.05, 3.63) is 42.0 Å². The summed E-state index contributed by atoms with van der Waals surface area (Å²) in [6.07, 6.45) is 4.19. The molecule has 1 aromatic rings. The lowest BCUT2D eigenvalue weighted by atomic mass is 10.1. The van der Waals surface area contributed by atoms with Crippen molar-refractivity contribution < 1.29 is 14.7 Å². The molecule has 2 N–H and O–H groups in total.